The fraction of sp³-hybridized carbons (Fsp3) is 0.727. The summed E-state index contributed by atoms with van der Waals surface area (Å²) >= 11 is 0. The summed E-state index contributed by atoms with van der Waals surface area (Å²) in [5.41, 5.74) is 1.75. The third-order valence-electron chi connectivity index (χ3n) is 6.79. The standard InChI is InChI=1S/C22H32FNO/c1-14-4-5-16-11-17(7-6-15(16)10-14)18-8-9-19(20(23)12-18)21-24-22(2,3)13-25-21/h8-9,12,14-17,21,24H,4-7,10-11,13H2,1-3H3/t14?,15-,16-,17-,21?/m1/s1. The van der Waals surface area contributed by atoms with Gasteiger partial charge in [0.25, 0.3) is 0 Å². The van der Waals surface area contributed by atoms with E-state index in [0.29, 0.717) is 18.1 Å². The van der Waals surface area contributed by atoms with Crippen molar-refractivity contribution in [3.05, 3.63) is 35.1 Å². The van der Waals surface area contributed by atoms with Crippen molar-refractivity contribution in [3.63, 3.8) is 0 Å². The number of benzene rings is 1. The van der Waals surface area contributed by atoms with Crippen LogP contribution in [-0.4, -0.2) is 12.1 Å². The minimum atomic E-state index is -0.320. The van der Waals surface area contributed by atoms with Crippen LogP contribution in [0.5, 0.6) is 0 Å². The molecule has 2 aliphatic carbocycles. The van der Waals surface area contributed by atoms with Gasteiger partial charge in [0.05, 0.1) is 6.61 Å². The molecule has 0 radical (unpaired) electrons. The van der Waals surface area contributed by atoms with Gasteiger partial charge in [-0.05, 0) is 81.3 Å². The third-order valence-corrected chi connectivity index (χ3v) is 6.79. The van der Waals surface area contributed by atoms with Crippen LogP contribution in [0.4, 0.5) is 4.39 Å². The predicted molar refractivity (Wildman–Crippen MR) is 98.9 cm³/mol. The minimum Gasteiger partial charge on any atom is -0.357 e. The first-order valence-corrected chi connectivity index (χ1v) is 10.1. The Morgan fingerprint density at radius 1 is 1.08 bits per heavy atom. The lowest BCUT2D eigenvalue weighted by Gasteiger charge is -2.41. The summed E-state index contributed by atoms with van der Waals surface area (Å²) in [6.45, 7) is 7.19. The highest BCUT2D eigenvalue weighted by molar-refractivity contribution is 5.29. The average Bonchev–Trinajstić information content (AvgIpc) is 2.94. The molecule has 0 spiro atoms. The van der Waals surface area contributed by atoms with Gasteiger partial charge in [-0.2, -0.15) is 0 Å². The van der Waals surface area contributed by atoms with E-state index >= 15 is 0 Å². The molecular weight excluding hydrogens is 313 g/mol. The van der Waals surface area contributed by atoms with Crippen LogP contribution in [0.25, 0.3) is 0 Å². The van der Waals surface area contributed by atoms with Crippen LogP contribution in [0.1, 0.15) is 82.6 Å². The van der Waals surface area contributed by atoms with E-state index in [1.165, 1.54) is 44.1 Å². The summed E-state index contributed by atoms with van der Waals surface area (Å²) in [5.74, 6) is 3.10. The molecule has 3 aliphatic rings. The Labute approximate surface area is 151 Å². The maximum absolute atomic E-state index is 14.8. The van der Waals surface area contributed by atoms with Crippen LogP contribution < -0.4 is 5.32 Å². The van der Waals surface area contributed by atoms with Gasteiger partial charge in [-0.15, -0.1) is 0 Å². The fourth-order valence-electron chi connectivity index (χ4n) is 5.33. The van der Waals surface area contributed by atoms with Crippen molar-refractivity contribution in [2.75, 3.05) is 6.61 Å². The van der Waals surface area contributed by atoms with Crippen molar-refractivity contribution >= 4 is 0 Å². The van der Waals surface area contributed by atoms with E-state index in [0.717, 1.165) is 17.8 Å². The van der Waals surface area contributed by atoms with Crippen LogP contribution in [-0.2, 0) is 4.74 Å². The van der Waals surface area contributed by atoms with Crippen molar-refractivity contribution in [1.29, 1.82) is 0 Å². The van der Waals surface area contributed by atoms with Gasteiger partial charge in [0.15, 0.2) is 0 Å². The lowest BCUT2D eigenvalue weighted by Crippen LogP contribution is -2.36. The smallest absolute Gasteiger partial charge is 0.137 e. The minimum absolute atomic E-state index is 0.0910. The Morgan fingerprint density at radius 3 is 2.56 bits per heavy atom. The molecule has 0 bridgehead atoms. The molecule has 138 valence electrons. The van der Waals surface area contributed by atoms with Crippen molar-refractivity contribution < 1.29 is 9.13 Å². The summed E-state index contributed by atoms with van der Waals surface area (Å²) in [6.07, 6.45) is 7.63. The summed E-state index contributed by atoms with van der Waals surface area (Å²) in [4.78, 5) is 0. The number of fused-ring (bicyclic) bond motifs is 1. The van der Waals surface area contributed by atoms with Crippen LogP contribution in [0, 0.1) is 23.6 Å². The highest BCUT2D eigenvalue weighted by atomic mass is 19.1. The Kier molecular flexibility index (Phi) is 4.66. The topological polar surface area (TPSA) is 21.3 Å². The summed E-state index contributed by atoms with van der Waals surface area (Å²) in [6, 6.07) is 5.87. The zero-order valence-corrected chi connectivity index (χ0v) is 15.9. The molecule has 0 aromatic heterocycles. The first-order valence-electron chi connectivity index (χ1n) is 10.1. The van der Waals surface area contributed by atoms with E-state index in [1.807, 2.05) is 6.07 Å². The van der Waals surface area contributed by atoms with Gasteiger partial charge in [-0.25, -0.2) is 4.39 Å². The molecule has 1 aliphatic heterocycles. The molecule has 25 heavy (non-hydrogen) atoms. The molecule has 3 fully saturated rings. The first kappa shape index (κ1) is 17.5. The Hall–Kier alpha value is -0.930. The van der Waals surface area contributed by atoms with Gasteiger partial charge >= 0.3 is 0 Å². The largest absolute Gasteiger partial charge is 0.357 e. The second kappa shape index (κ2) is 6.66. The molecule has 1 heterocycles. The molecule has 5 atom stereocenters. The zero-order valence-electron chi connectivity index (χ0n) is 15.9. The predicted octanol–water partition coefficient (Wildman–Crippen LogP) is 5.54. The van der Waals surface area contributed by atoms with Crippen molar-refractivity contribution in [2.45, 2.75) is 77.0 Å². The second-order valence-corrected chi connectivity index (χ2v) is 9.45. The van der Waals surface area contributed by atoms with E-state index in [2.05, 4.69) is 32.2 Å². The fourth-order valence-corrected chi connectivity index (χ4v) is 5.33. The molecule has 2 nitrogen and oxygen atoms in total. The monoisotopic (exact) mass is 345 g/mol. The Morgan fingerprint density at radius 2 is 1.84 bits per heavy atom. The van der Waals surface area contributed by atoms with Gasteiger partial charge in [0.2, 0.25) is 0 Å². The van der Waals surface area contributed by atoms with E-state index < -0.39 is 0 Å². The van der Waals surface area contributed by atoms with Crippen molar-refractivity contribution in [1.82, 2.24) is 5.32 Å². The summed E-state index contributed by atoms with van der Waals surface area (Å²) < 4.78 is 20.5. The van der Waals surface area contributed by atoms with Crippen molar-refractivity contribution in [2.24, 2.45) is 17.8 Å². The van der Waals surface area contributed by atoms with Crippen LogP contribution >= 0.6 is 0 Å². The number of nitrogens with one attached hydrogen (secondary N) is 1. The highest BCUT2D eigenvalue weighted by Gasteiger charge is 2.36. The molecular formula is C22H32FNO. The maximum atomic E-state index is 14.8. The number of halogens is 1. The first-order chi connectivity index (χ1) is 11.9. The molecule has 4 rings (SSSR count). The second-order valence-electron chi connectivity index (χ2n) is 9.45. The van der Waals surface area contributed by atoms with E-state index in [-0.39, 0.29) is 17.6 Å². The SMILES string of the molecule is CC1CC[C@@H]2C[C@H](c3ccc(C4NC(C)(C)CO4)c(F)c3)CC[C@@H]2C1. The molecule has 2 unspecified atom stereocenters. The summed E-state index contributed by atoms with van der Waals surface area (Å²) in [5, 5.41) is 3.37. The molecule has 2 saturated carbocycles. The normalized spacial score (nSPS) is 37.7. The molecule has 1 saturated heterocycles. The van der Waals surface area contributed by atoms with Gasteiger partial charge < -0.3 is 4.74 Å². The van der Waals surface area contributed by atoms with Gasteiger partial charge in [-0.1, -0.05) is 25.5 Å². The molecule has 1 aromatic rings. The number of hydrogen-bond donors (Lipinski definition) is 1. The van der Waals surface area contributed by atoms with Crippen LogP contribution in [0.2, 0.25) is 0 Å². The molecule has 1 aromatic carbocycles. The molecule has 0 amide bonds. The highest BCUT2D eigenvalue weighted by Crippen LogP contribution is 2.47. The van der Waals surface area contributed by atoms with E-state index in [1.54, 1.807) is 6.07 Å². The molecule has 3 heteroatoms. The van der Waals surface area contributed by atoms with E-state index in [9.17, 15) is 4.39 Å². The third kappa shape index (κ3) is 3.64. The number of ether oxygens (including phenoxy) is 1. The lowest BCUT2D eigenvalue weighted by molar-refractivity contribution is 0.0959. The van der Waals surface area contributed by atoms with Gasteiger partial charge in [-0.3, -0.25) is 5.32 Å². The molecule has 1 N–H and O–H groups in total. The Balaban J connectivity index is 1.46. The van der Waals surface area contributed by atoms with E-state index in [4.69, 9.17) is 4.74 Å². The lowest BCUT2D eigenvalue weighted by atomic mass is 9.64. The number of rotatable bonds is 2. The Bertz CT molecular complexity index is 628. The average molecular weight is 346 g/mol. The summed E-state index contributed by atoms with van der Waals surface area (Å²) in [7, 11) is 0. The van der Waals surface area contributed by atoms with Gasteiger partial charge in [0, 0.05) is 11.1 Å². The van der Waals surface area contributed by atoms with Crippen molar-refractivity contribution in [3.8, 4) is 0 Å². The number of hydrogen-bond acceptors (Lipinski definition) is 2. The zero-order chi connectivity index (χ0) is 17.6. The van der Waals surface area contributed by atoms with Crippen LogP contribution in [0.15, 0.2) is 18.2 Å². The maximum Gasteiger partial charge on any atom is 0.137 e. The quantitative estimate of drug-likeness (QED) is 0.759. The van der Waals surface area contributed by atoms with Crippen LogP contribution in [0.3, 0.4) is 0 Å². The van der Waals surface area contributed by atoms with Gasteiger partial charge in [0.1, 0.15) is 12.0 Å².